The Hall–Kier alpha value is -1.08. The zero-order valence-corrected chi connectivity index (χ0v) is 9.82. The van der Waals surface area contributed by atoms with E-state index in [-0.39, 0.29) is 5.97 Å². The van der Waals surface area contributed by atoms with Gasteiger partial charge in [0, 0.05) is 12.5 Å². The van der Waals surface area contributed by atoms with Crippen LogP contribution in [0.3, 0.4) is 0 Å². The Morgan fingerprint density at radius 1 is 1.53 bits per heavy atom. The maximum Gasteiger partial charge on any atom is 0.320 e. The fourth-order valence-corrected chi connectivity index (χ4v) is 1.25. The van der Waals surface area contributed by atoms with Crippen LogP contribution in [0.15, 0.2) is 0 Å². The summed E-state index contributed by atoms with van der Waals surface area (Å²) in [7, 11) is 0. The Balaban J connectivity index is 3.94. The summed E-state index contributed by atoms with van der Waals surface area (Å²) in [5, 5.41) is 8.42. The predicted octanol–water partition coefficient (Wildman–Crippen LogP) is 1.56. The monoisotopic (exact) mass is 212 g/mol. The van der Waals surface area contributed by atoms with Crippen LogP contribution in [0.5, 0.6) is 0 Å². The third-order valence-corrected chi connectivity index (χ3v) is 2.10. The maximum absolute atomic E-state index is 11.3. The van der Waals surface area contributed by atoms with Gasteiger partial charge in [0.25, 0.3) is 0 Å². The van der Waals surface area contributed by atoms with Crippen LogP contribution in [-0.4, -0.2) is 36.6 Å². The van der Waals surface area contributed by atoms with Crippen molar-refractivity contribution in [2.45, 2.75) is 39.7 Å². The minimum atomic E-state index is -0.192. The van der Waals surface area contributed by atoms with Gasteiger partial charge in [-0.3, -0.25) is 9.69 Å². The second-order valence-corrected chi connectivity index (χ2v) is 3.63. The highest BCUT2D eigenvalue weighted by molar-refractivity contribution is 5.71. The summed E-state index contributed by atoms with van der Waals surface area (Å²) >= 11 is 0. The maximum atomic E-state index is 11.3. The molecular formula is C11H20N2O2. The number of esters is 1. The largest absolute Gasteiger partial charge is 0.465 e. The molecule has 0 aliphatic rings. The van der Waals surface area contributed by atoms with E-state index in [0.717, 1.165) is 13.0 Å². The van der Waals surface area contributed by atoms with Gasteiger partial charge >= 0.3 is 5.97 Å². The number of hydrogen-bond donors (Lipinski definition) is 0. The van der Waals surface area contributed by atoms with E-state index >= 15 is 0 Å². The lowest BCUT2D eigenvalue weighted by molar-refractivity contribution is -0.144. The SMILES string of the molecule is CCOC(=O)CN(CCCC#N)C(C)C. The van der Waals surface area contributed by atoms with Gasteiger partial charge in [-0.25, -0.2) is 0 Å². The first-order valence-corrected chi connectivity index (χ1v) is 5.38. The summed E-state index contributed by atoms with van der Waals surface area (Å²) in [4.78, 5) is 13.3. The molecule has 0 atom stereocenters. The molecular weight excluding hydrogens is 192 g/mol. The number of ether oxygens (including phenoxy) is 1. The number of carbonyl (C=O) groups is 1. The number of unbranched alkanes of at least 4 members (excludes halogenated alkanes) is 1. The summed E-state index contributed by atoms with van der Waals surface area (Å²) in [6, 6.07) is 2.40. The van der Waals surface area contributed by atoms with E-state index in [4.69, 9.17) is 10.00 Å². The molecule has 0 aromatic heterocycles. The van der Waals surface area contributed by atoms with Crippen molar-refractivity contribution in [3.8, 4) is 6.07 Å². The van der Waals surface area contributed by atoms with Crippen LogP contribution in [0, 0.1) is 11.3 Å². The normalized spacial score (nSPS) is 10.4. The zero-order chi connectivity index (χ0) is 11.7. The molecule has 0 spiro atoms. The van der Waals surface area contributed by atoms with Crippen LogP contribution in [-0.2, 0) is 9.53 Å². The number of hydrogen-bond acceptors (Lipinski definition) is 4. The molecule has 86 valence electrons. The van der Waals surface area contributed by atoms with Crippen LogP contribution >= 0.6 is 0 Å². The van der Waals surface area contributed by atoms with E-state index in [9.17, 15) is 4.79 Å². The molecule has 0 aliphatic heterocycles. The van der Waals surface area contributed by atoms with Crippen molar-refractivity contribution >= 4 is 5.97 Å². The van der Waals surface area contributed by atoms with Gasteiger partial charge < -0.3 is 4.74 Å². The van der Waals surface area contributed by atoms with E-state index in [0.29, 0.717) is 25.6 Å². The lowest BCUT2D eigenvalue weighted by Gasteiger charge is -2.24. The van der Waals surface area contributed by atoms with Crippen molar-refractivity contribution in [1.82, 2.24) is 4.90 Å². The lowest BCUT2D eigenvalue weighted by atomic mass is 10.2. The molecule has 0 saturated heterocycles. The number of nitrogens with zero attached hydrogens (tertiary/aromatic N) is 2. The van der Waals surface area contributed by atoms with Gasteiger partial charge in [0.05, 0.1) is 19.2 Å². The highest BCUT2D eigenvalue weighted by atomic mass is 16.5. The molecule has 4 nitrogen and oxygen atoms in total. The van der Waals surface area contributed by atoms with Gasteiger partial charge in [-0.2, -0.15) is 5.26 Å². The third kappa shape index (κ3) is 6.92. The average molecular weight is 212 g/mol. The molecule has 0 amide bonds. The van der Waals surface area contributed by atoms with Gasteiger partial charge in [0.1, 0.15) is 0 Å². The number of rotatable bonds is 7. The second-order valence-electron chi connectivity index (χ2n) is 3.63. The quantitative estimate of drug-likeness (QED) is 0.475. The Kier molecular flexibility index (Phi) is 7.65. The second kappa shape index (κ2) is 8.25. The summed E-state index contributed by atoms with van der Waals surface area (Å²) in [6.45, 7) is 7.37. The van der Waals surface area contributed by atoms with E-state index < -0.39 is 0 Å². The minimum absolute atomic E-state index is 0.192. The Morgan fingerprint density at radius 3 is 2.67 bits per heavy atom. The first-order valence-electron chi connectivity index (χ1n) is 5.38. The van der Waals surface area contributed by atoms with Gasteiger partial charge in [-0.1, -0.05) is 0 Å². The Bertz CT molecular complexity index is 221. The van der Waals surface area contributed by atoms with E-state index in [1.807, 2.05) is 18.7 Å². The molecule has 0 rings (SSSR count). The van der Waals surface area contributed by atoms with Crippen molar-refractivity contribution in [3.63, 3.8) is 0 Å². The van der Waals surface area contributed by atoms with Crippen LogP contribution in [0.2, 0.25) is 0 Å². The number of carbonyl (C=O) groups excluding carboxylic acids is 1. The molecule has 0 aliphatic carbocycles. The van der Waals surface area contributed by atoms with Gasteiger partial charge in [-0.15, -0.1) is 0 Å². The van der Waals surface area contributed by atoms with Crippen molar-refractivity contribution in [2.75, 3.05) is 19.7 Å². The molecule has 0 unspecified atom stereocenters. The Morgan fingerprint density at radius 2 is 2.20 bits per heavy atom. The van der Waals surface area contributed by atoms with Crippen LogP contribution in [0.25, 0.3) is 0 Å². The predicted molar refractivity (Wildman–Crippen MR) is 58.2 cm³/mol. The first kappa shape index (κ1) is 13.9. The van der Waals surface area contributed by atoms with Crippen molar-refractivity contribution in [2.24, 2.45) is 0 Å². The summed E-state index contributed by atoms with van der Waals surface area (Å²) in [5.74, 6) is -0.192. The molecule has 0 radical (unpaired) electrons. The lowest BCUT2D eigenvalue weighted by Crippen LogP contribution is -2.37. The van der Waals surface area contributed by atoms with E-state index in [2.05, 4.69) is 6.07 Å². The molecule has 4 heteroatoms. The highest BCUT2D eigenvalue weighted by Crippen LogP contribution is 2.01. The van der Waals surface area contributed by atoms with Crippen molar-refractivity contribution in [1.29, 1.82) is 5.26 Å². The summed E-state index contributed by atoms with van der Waals surface area (Å²) in [5.41, 5.74) is 0. The molecule has 0 aromatic rings. The molecule has 15 heavy (non-hydrogen) atoms. The van der Waals surface area contributed by atoms with E-state index in [1.165, 1.54) is 0 Å². The van der Waals surface area contributed by atoms with Crippen molar-refractivity contribution < 1.29 is 9.53 Å². The van der Waals surface area contributed by atoms with Crippen LogP contribution in [0.1, 0.15) is 33.6 Å². The third-order valence-electron chi connectivity index (χ3n) is 2.10. The standard InChI is InChI=1S/C11H20N2O2/c1-4-15-11(14)9-13(10(2)3)8-6-5-7-12/h10H,4-6,8-9H2,1-3H3. The smallest absolute Gasteiger partial charge is 0.320 e. The van der Waals surface area contributed by atoms with Gasteiger partial charge in [0.2, 0.25) is 0 Å². The minimum Gasteiger partial charge on any atom is -0.465 e. The fourth-order valence-electron chi connectivity index (χ4n) is 1.25. The Labute approximate surface area is 91.8 Å². The van der Waals surface area contributed by atoms with Crippen LogP contribution in [0.4, 0.5) is 0 Å². The zero-order valence-electron chi connectivity index (χ0n) is 9.82. The summed E-state index contributed by atoms with van der Waals surface area (Å²) < 4.78 is 4.88. The molecule has 0 N–H and O–H groups in total. The van der Waals surface area contributed by atoms with E-state index in [1.54, 1.807) is 6.92 Å². The van der Waals surface area contributed by atoms with Gasteiger partial charge in [0.15, 0.2) is 0 Å². The molecule has 0 aromatic carbocycles. The highest BCUT2D eigenvalue weighted by Gasteiger charge is 2.13. The molecule has 0 fully saturated rings. The summed E-state index contributed by atoms with van der Waals surface area (Å²) in [6.07, 6.45) is 1.33. The molecule has 0 heterocycles. The first-order chi connectivity index (χ1) is 7.11. The van der Waals surface area contributed by atoms with Gasteiger partial charge in [-0.05, 0) is 33.7 Å². The fraction of sp³-hybridized carbons (Fsp3) is 0.818. The average Bonchev–Trinajstić information content (AvgIpc) is 2.16. The molecule has 0 bridgehead atoms. The topological polar surface area (TPSA) is 53.3 Å². The van der Waals surface area contributed by atoms with Crippen molar-refractivity contribution in [3.05, 3.63) is 0 Å². The molecule has 0 saturated carbocycles. The van der Waals surface area contributed by atoms with Crippen LogP contribution < -0.4 is 0 Å². The number of nitriles is 1.